The summed E-state index contributed by atoms with van der Waals surface area (Å²) >= 11 is 0. The van der Waals surface area contributed by atoms with Crippen molar-refractivity contribution >= 4 is 11.6 Å². The van der Waals surface area contributed by atoms with Crippen LogP contribution >= 0.6 is 0 Å². The number of methoxy groups -OCH3 is 1. The highest BCUT2D eigenvalue weighted by molar-refractivity contribution is 5.95. The number of carbonyl (C=O) groups excluding carboxylic acids is 1. The first kappa shape index (κ1) is 17.9. The first-order valence-electron chi connectivity index (χ1n) is 8.74. The van der Waals surface area contributed by atoms with Crippen molar-refractivity contribution in [1.82, 2.24) is 4.90 Å². The highest BCUT2D eigenvalue weighted by Gasteiger charge is 2.26. The summed E-state index contributed by atoms with van der Waals surface area (Å²) in [6.45, 7) is 1.17. The van der Waals surface area contributed by atoms with Crippen LogP contribution in [0.2, 0.25) is 0 Å². The molecule has 0 radical (unpaired) electrons. The van der Waals surface area contributed by atoms with Crippen molar-refractivity contribution in [2.24, 2.45) is 5.92 Å². The number of amides is 1. The van der Waals surface area contributed by atoms with E-state index >= 15 is 0 Å². The third kappa shape index (κ3) is 4.02. The van der Waals surface area contributed by atoms with Crippen molar-refractivity contribution < 1.29 is 14.5 Å². The summed E-state index contributed by atoms with van der Waals surface area (Å²) in [5, 5.41) is 11.3. The van der Waals surface area contributed by atoms with Crippen LogP contribution in [0.4, 0.5) is 5.69 Å². The zero-order valence-corrected chi connectivity index (χ0v) is 14.8. The van der Waals surface area contributed by atoms with Gasteiger partial charge in [0, 0.05) is 24.7 Å². The first-order chi connectivity index (χ1) is 12.6. The molecule has 0 heterocycles. The van der Waals surface area contributed by atoms with Crippen LogP contribution in [0, 0.1) is 16.0 Å². The number of nitro benzene ring substituents is 1. The van der Waals surface area contributed by atoms with E-state index in [1.54, 1.807) is 11.0 Å². The fourth-order valence-electron chi connectivity index (χ4n) is 3.16. The number of hydrogen-bond acceptors (Lipinski definition) is 4. The Balaban J connectivity index is 1.86. The minimum atomic E-state index is -0.525. The van der Waals surface area contributed by atoms with E-state index in [0.717, 1.165) is 18.4 Å². The molecule has 1 amide bonds. The molecule has 1 aliphatic rings. The van der Waals surface area contributed by atoms with Crippen LogP contribution in [0.15, 0.2) is 48.5 Å². The van der Waals surface area contributed by atoms with Crippen LogP contribution in [-0.2, 0) is 6.54 Å². The predicted molar refractivity (Wildman–Crippen MR) is 98.2 cm³/mol. The Bertz CT molecular complexity index is 788. The van der Waals surface area contributed by atoms with Gasteiger partial charge in [-0.15, -0.1) is 0 Å². The Morgan fingerprint density at radius 2 is 1.96 bits per heavy atom. The number of ether oxygens (including phenoxy) is 1. The Labute approximate surface area is 152 Å². The molecular formula is C20H22N2O4. The fourth-order valence-corrected chi connectivity index (χ4v) is 3.16. The topological polar surface area (TPSA) is 72.7 Å². The van der Waals surface area contributed by atoms with Gasteiger partial charge in [0.25, 0.3) is 5.91 Å². The van der Waals surface area contributed by atoms with Crippen molar-refractivity contribution in [3.63, 3.8) is 0 Å². The summed E-state index contributed by atoms with van der Waals surface area (Å²) in [5.74, 6) is 0.475. The van der Waals surface area contributed by atoms with Crippen LogP contribution in [0.25, 0.3) is 0 Å². The van der Waals surface area contributed by atoms with Crippen LogP contribution < -0.4 is 4.74 Å². The van der Waals surface area contributed by atoms with Gasteiger partial charge in [-0.25, -0.2) is 0 Å². The summed E-state index contributed by atoms with van der Waals surface area (Å²) in [7, 11) is 1.38. The lowest BCUT2D eigenvalue weighted by atomic mass is 9.85. The molecule has 0 atom stereocenters. The van der Waals surface area contributed by atoms with Crippen molar-refractivity contribution in [2.45, 2.75) is 25.8 Å². The monoisotopic (exact) mass is 354 g/mol. The highest BCUT2D eigenvalue weighted by Crippen LogP contribution is 2.30. The maximum Gasteiger partial charge on any atom is 0.311 e. The highest BCUT2D eigenvalue weighted by atomic mass is 16.6. The molecule has 0 aliphatic heterocycles. The maximum atomic E-state index is 13.1. The second kappa shape index (κ2) is 7.99. The summed E-state index contributed by atoms with van der Waals surface area (Å²) in [6.07, 6.45) is 3.45. The zero-order chi connectivity index (χ0) is 18.5. The van der Waals surface area contributed by atoms with Gasteiger partial charge < -0.3 is 9.64 Å². The number of nitrogens with zero attached hydrogens (tertiary/aromatic N) is 2. The molecule has 1 fully saturated rings. The molecule has 0 unspecified atom stereocenters. The van der Waals surface area contributed by atoms with Crippen molar-refractivity contribution in [3.8, 4) is 5.75 Å². The SMILES string of the molecule is COc1ccc(C(=O)N(Cc2ccccc2)CC2CCC2)cc1[N+](=O)[O-]. The van der Waals surface area contributed by atoms with E-state index in [-0.39, 0.29) is 17.3 Å². The number of benzene rings is 2. The molecule has 0 saturated heterocycles. The predicted octanol–water partition coefficient (Wildman–Crippen LogP) is 4.05. The van der Waals surface area contributed by atoms with E-state index in [4.69, 9.17) is 4.74 Å². The van der Waals surface area contributed by atoms with E-state index in [9.17, 15) is 14.9 Å². The quantitative estimate of drug-likeness (QED) is 0.555. The van der Waals surface area contributed by atoms with Crippen LogP contribution in [0.3, 0.4) is 0 Å². The molecule has 26 heavy (non-hydrogen) atoms. The zero-order valence-electron chi connectivity index (χ0n) is 14.8. The molecular weight excluding hydrogens is 332 g/mol. The van der Waals surface area contributed by atoms with Gasteiger partial charge in [0.15, 0.2) is 5.75 Å². The van der Waals surface area contributed by atoms with Crippen LogP contribution in [-0.4, -0.2) is 29.4 Å². The minimum Gasteiger partial charge on any atom is -0.490 e. The number of hydrogen-bond donors (Lipinski definition) is 0. The Morgan fingerprint density at radius 1 is 1.23 bits per heavy atom. The summed E-state index contributed by atoms with van der Waals surface area (Å²) in [6, 6.07) is 14.2. The second-order valence-corrected chi connectivity index (χ2v) is 6.61. The van der Waals surface area contributed by atoms with Gasteiger partial charge in [-0.2, -0.15) is 0 Å². The average molecular weight is 354 g/mol. The van der Waals surface area contributed by atoms with Crippen LogP contribution in [0.5, 0.6) is 5.75 Å². The second-order valence-electron chi connectivity index (χ2n) is 6.61. The molecule has 1 aliphatic carbocycles. The number of nitro groups is 1. The van der Waals surface area contributed by atoms with Gasteiger partial charge in [0.2, 0.25) is 0 Å². The Kier molecular flexibility index (Phi) is 5.51. The lowest BCUT2D eigenvalue weighted by Gasteiger charge is -2.32. The van der Waals surface area contributed by atoms with Gasteiger partial charge in [0.1, 0.15) is 0 Å². The maximum absolute atomic E-state index is 13.1. The van der Waals surface area contributed by atoms with E-state index in [1.165, 1.54) is 25.7 Å². The normalized spacial score (nSPS) is 13.7. The van der Waals surface area contributed by atoms with Crippen molar-refractivity contribution in [1.29, 1.82) is 0 Å². The van der Waals surface area contributed by atoms with Gasteiger partial charge in [0.05, 0.1) is 12.0 Å². The fraction of sp³-hybridized carbons (Fsp3) is 0.350. The van der Waals surface area contributed by atoms with E-state index in [2.05, 4.69) is 0 Å². The first-order valence-corrected chi connectivity index (χ1v) is 8.74. The minimum absolute atomic E-state index is 0.153. The van der Waals surface area contributed by atoms with Crippen LogP contribution in [0.1, 0.15) is 35.2 Å². The third-order valence-corrected chi connectivity index (χ3v) is 4.83. The van der Waals surface area contributed by atoms with E-state index in [0.29, 0.717) is 24.6 Å². The summed E-state index contributed by atoms with van der Waals surface area (Å²) in [5.41, 5.74) is 1.16. The molecule has 3 rings (SSSR count). The Hall–Kier alpha value is -2.89. The van der Waals surface area contributed by atoms with Gasteiger partial charge in [-0.1, -0.05) is 36.8 Å². The molecule has 1 saturated carbocycles. The van der Waals surface area contributed by atoms with Gasteiger partial charge in [-0.3, -0.25) is 14.9 Å². The lowest BCUT2D eigenvalue weighted by molar-refractivity contribution is -0.385. The molecule has 0 spiro atoms. The smallest absolute Gasteiger partial charge is 0.311 e. The molecule has 6 heteroatoms. The standard InChI is InChI=1S/C20H22N2O4/c1-26-19-11-10-17(12-18(19)22(24)25)20(23)21(14-16-8-5-9-16)13-15-6-3-2-4-7-15/h2-4,6-7,10-12,16H,5,8-9,13-14H2,1H3. The molecule has 0 bridgehead atoms. The van der Waals surface area contributed by atoms with Crippen molar-refractivity contribution in [3.05, 3.63) is 69.8 Å². The number of rotatable bonds is 7. The summed E-state index contributed by atoms with van der Waals surface area (Å²) in [4.78, 5) is 25.6. The molecule has 0 aromatic heterocycles. The number of carbonyl (C=O) groups is 1. The molecule has 136 valence electrons. The third-order valence-electron chi connectivity index (χ3n) is 4.83. The molecule has 6 nitrogen and oxygen atoms in total. The molecule has 2 aromatic rings. The largest absolute Gasteiger partial charge is 0.490 e. The van der Waals surface area contributed by atoms with Crippen molar-refractivity contribution in [2.75, 3.05) is 13.7 Å². The lowest BCUT2D eigenvalue weighted by Crippen LogP contribution is -2.37. The van der Waals surface area contributed by atoms with Gasteiger partial charge >= 0.3 is 5.69 Å². The van der Waals surface area contributed by atoms with E-state index < -0.39 is 4.92 Å². The van der Waals surface area contributed by atoms with E-state index in [1.807, 2.05) is 30.3 Å². The average Bonchev–Trinajstić information content (AvgIpc) is 2.63. The summed E-state index contributed by atoms with van der Waals surface area (Å²) < 4.78 is 5.02. The molecule has 0 N–H and O–H groups in total. The van der Waals surface area contributed by atoms with Gasteiger partial charge in [-0.05, 0) is 36.5 Å². The molecule has 2 aromatic carbocycles. The Morgan fingerprint density at radius 3 is 2.54 bits per heavy atom.